The van der Waals surface area contributed by atoms with Gasteiger partial charge in [0.15, 0.2) is 5.82 Å². The molecule has 2 unspecified atom stereocenters. The first-order valence-corrected chi connectivity index (χ1v) is 12.1. The summed E-state index contributed by atoms with van der Waals surface area (Å²) in [7, 11) is 0. The molecule has 0 radical (unpaired) electrons. The highest BCUT2D eigenvalue weighted by Crippen LogP contribution is 2.46. The number of nitrogens with one attached hydrogen (secondary N) is 2. The molecule has 7 rings (SSSR count). The van der Waals surface area contributed by atoms with E-state index in [2.05, 4.69) is 22.2 Å². The molecule has 0 amide bonds. The van der Waals surface area contributed by atoms with Gasteiger partial charge in [-0.05, 0) is 67.7 Å². The van der Waals surface area contributed by atoms with Crippen LogP contribution in [0.4, 0.5) is 14.6 Å². The molecular formula is C26H24ClF2N5. The number of aromatic amines is 1. The van der Waals surface area contributed by atoms with Crippen molar-refractivity contribution in [3.8, 4) is 22.6 Å². The molecule has 34 heavy (non-hydrogen) atoms. The third-order valence-corrected chi connectivity index (χ3v) is 7.93. The molecule has 1 aromatic carbocycles. The highest BCUT2D eigenvalue weighted by atomic mass is 35.5. The van der Waals surface area contributed by atoms with E-state index in [4.69, 9.17) is 21.6 Å². The average molecular weight is 480 g/mol. The predicted molar refractivity (Wildman–Crippen MR) is 130 cm³/mol. The normalized spacial score (nSPS) is 24.0. The van der Waals surface area contributed by atoms with Crippen LogP contribution in [0.1, 0.15) is 32.6 Å². The van der Waals surface area contributed by atoms with Gasteiger partial charge in [0, 0.05) is 34.8 Å². The molecule has 3 fully saturated rings. The monoisotopic (exact) mass is 479 g/mol. The molecule has 3 saturated carbocycles. The first-order chi connectivity index (χ1) is 16.5. The Hall–Kier alpha value is -3.06. The molecule has 8 heteroatoms. The summed E-state index contributed by atoms with van der Waals surface area (Å²) in [4.78, 5) is 16.8. The summed E-state index contributed by atoms with van der Waals surface area (Å²) in [5.41, 5.74) is 2.38. The van der Waals surface area contributed by atoms with Gasteiger partial charge in [-0.25, -0.2) is 23.7 Å². The van der Waals surface area contributed by atoms with Gasteiger partial charge in [-0.2, -0.15) is 0 Å². The zero-order valence-corrected chi connectivity index (χ0v) is 19.4. The maximum atomic E-state index is 14.0. The molecule has 5 nitrogen and oxygen atoms in total. The smallest absolute Gasteiger partial charge is 0.164 e. The second kappa shape index (κ2) is 8.31. The molecule has 0 saturated heterocycles. The first-order valence-electron chi connectivity index (χ1n) is 11.7. The second-order valence-electron chi connectivity index (χ2n) is 9.54. The van der Waals surface area contributed by atoms with E-state index in [0.29, 0.717) is 57.4 Å². The van der Waals surface area contributed by atoms with Crippen molar-refractivity contribution in [3.63, 3.8) is 0 Å². The maximum absolute atomic E-state index is 14.0. The fraction of sp³-hybridized carbons (Fsp3) is 0.346. The number of H-pyrrole nitrogens is 1. The van der Waals surface area contributed by atoms with Crippen LogP contribution in [0.3, 0.4) is 0 Å². The summed E-state index contributed by atoms with van der Waals surface area (Å²) in [6.45, 7) is 2.32. The Bertz CT molecular complexity index is 1380. The van der Waals surface area contributed by atoms with Gasteiger partial charge in [-0.3, -0.25) is 0 Å². The zero-order valence-electron chi connectivity index (χ0n) is 18.7. The Balaban J connectivity index is 1.47. The lowest BCUT2D eigenvalue weighted by atomic mass is 9.62. The minimum Gasteiger partial charge on any atom is -0.367 e. The highest BCUT2D eigenvalue weighted by molar-refractivity contribution is 6.33. The fourth-order valence-electron chi connectivity index (χ4n) is 5.81. The summed E-state index contributed by atoms with van der Waals surface area (Å²) >= 11 is 6.39. The molecule has 2 atom stereocenters. The van der Waals surface area contributed by atoms with Crippen LogP contribution in [0.2, 0.25) is 5.02 Å². The predicted octanol–water partition coefficient (Wildman–Crippen LogP) is 6.86. The van der Waals surface area contributed by atoms with Crippen LogP contribution in [0, 0.1) is 29.4 Å². The van der Waals surface area contributed by atoms with E-state index in [9.17, 15) is 8.78 Å². The number of halogens is 3. The number of anilines is 1. The summed E-state index contributed by atoms with van der Waals surface area (Å²) < 4.78 is 27.7. The van der Waals surface area contributed by atoms with Crippen molar-refractivity contribution < 1.29 is 8.78 Å². The Morgan fingerprint density at radius 3 is 2.53 bits per heavy atom. The average Bonchev–Trinajstić information content (AvgIpc) is 3.24. The van der Waals surface area contributed by atoms with Crippen molar-refractivity contribution >= 4 is 28.5 Å². The van der Waals surface area contributed by atoms with E-state index in [-0.39, 0.29) is 5.02 Å². The second-order valence-corrected chi connectivity index (χ2v) is 9.95. The van der Waals surface area contributed by atoms with Crippen molar-refractivity contribution in [2.75, 3.05) is 5.32 Å². The van der Waals surface area contributed by atoms with E-state index in [1.807, 2.05) is 6.07 Å². The number of aromatic nitrogens is 4. The van der Waals surface area contributed by atoms with Crippen LogP contribution in [0.25, 0.3) is 33.7 Å². The number of hydrogen-bond acceptors (Lipinski definition) is 4. The van der Waals surface area contributed by atoms with Gasteiger partial charge in [-0.1, -0.05) is 18.5 Å². The molecule has 174 valence electrons. The number of pyridine rings is 1. The Labute approximate surface area is 201 Å². The molecule has 3 heterocycles. The van der Waals surface area contributed by atoms with Gasteiger partial charge in [0.2, 0.25) is 0 Å². The van der Waals surface area contributed by atoms with Crippen LogP contribution >= 0.6 is 11.6 Å². The molecule has 4 aromatic rings. The van der Waals surface area contributed by atoms with Crippen molar-refractivity contribution in [2.45, 2.75) is 38.6 Å². The number of rotatable bonds is 4. The first kappa shape index (κ1) is 21.5. The molecule has 3 aliphatic carbocycles. The van der Waals surface area contributed by atoms with Crippen molar-refractivity contribution in [3.05, 3.63) is 59.4 Å². The molecule has 3 aromatic heterocycles. The quantitative estimate of drug-likeness (QED) is 0.335. The van der Waals surface area contributed by atoms with E-state index in [1.54, 1.807) is 12.3 Å². The molecule has 0 spiro atoms. The zero-order chi connectivity index (χ0) is 23.4. The Morgan fingerprint density at radius 2 is 1.76 bits per heavy atom. The minimum absolute atomic E-state index is 0.271. The summed E-state index contributed by atoms with van der Waals surface area (Å²) in [5.74, 6) is 2.16. The Kier molecular flexibility index (Phi) is 5.25. The van der Waals surface area contributed by atoms with E-state index >= 15 is 0 Å². The van der Waals surface area contributed by atoms with Crippen LogP contribution < -0.4 is 5.32 Å². The molecule has 0 aliphatic heterocycles. The minimum atomic E-state index is -0.434. The lowest BCUT2D eigenvalue weighted by Gasteiger charge is -2.47. The van der Waals surface area contributed by atoms with Crippen LogP contribution in [0.15, 0.2) is 42.7 Å². The van der Waals surface area contributed by atoms with Gasteiger partial charge in [0.25, 0.3) is 0 Å². The topological polar surface area (TPSA) is 66.5 Å². The maximum Gasteiger partial charge on any atom is 0.164 e. The lowest BCUT2D eigenvalue weighted by Crippen LogP contribution is -2.47. The van der Waals surface area contributed by atoms with E-state index in [0.717, 1.165) is 5.92 Å². The number of hydrogen-bond donors (Lipinski definition) is 2. The summed E-state index contributed by atoms with van der Waals surface area (Å²) in [6, 6.07) is 7.88. The van der Waals surface area contributed by atoms with Gasteiger partial charge in [0.05, 0.1) is 16.9 Å². The van der Waals surface area contributed by atoms with Gasteiger partial charge in [0.1, 0.15) is 23.1 Å². The molecule has 3 aliphatic rings. The standard InChI is InChI=1S/C26H24ClF2N5/c1-13-14-2-4-15(5-3-14)24(13)33-23-10-22(18-7-6-16(28)9-21(18)27)32-26(34-23)20-12-31-25-19(20)8-17(29)11-30-25/h6-15,24H,2-5H2,1H3,(H,30,31)(H,32,33,34). The van der Waals surface area contributed by atoms with E-state index in [1.165, 1.54) is 50.1 Å². The van der Waals surface area contributed by atoms with E-state index < -0.39 is 11.6 Å². The fourth-order valence-corrected chi connectivity index (χ4v) is 6.08. The Morgan fingerprint density at radius 1 is 0.971 bits per heavy atom. The third-order valence-electron chi connectivity index (χ3n) is 7.62. The largest absolute Gasteiger partial charge is 0.367 e. The number of fused-ring (bicyclic) bond motifs is 4. The molecular weight excluding hydrogens is 456 g/mol. The summed E-state index contributed by atoms with van der Waals surface area (Å²) in [5, 5.41) is 4.56. The van der Waals surface area contributed by atoms with Crippen molar-refractivity contribution in [2.24, 2.45) is 17.8 Å². The lowest BCUT2D eigenvalue weighted by molar-refractivity contribution is 0.0928. The van der Waals surface area contributed by atoms with Crippen LogP contribution in [0.5, 0.6) is 0 Å². The molecule has 2 bridgehead atoms. The third kappa shape index (κ3) is 3.72. The SMILES string of the molecule is CC1C2CCC(CC2)C1Nc1cc(-c2ccc(F)cc2Cl)nc(-c2c[nH]c3ncc(F)cc23)n1. The van der Waals surface area contributed by atoms with Crippen molar-refractivity contribution in [1.29, 1.82) is 0 Å². The molecule has 2 N–H and O–H groups in total. The number of nitrogens with zero attached hydrogens (tertiary/aromatic N) is 3. The van der Waals surface area contributed by atoms with Gasteiger partial charge < -0.3 is 10.3 Å². The van der Waals surface area contributed by atoms with Gasteiger partial charge in [-0.15, -0.1) is 0 Å². The summed E-state index contributed by atoms with van der Waals surface area (Å²) in [6.07, 6.45) is 7.96. The van der Waals surface area contributed by atoms with Crippen LogP contribution in [-0.2, 0) is 0 Å². The number of benzene rings is 1. The van der Waals surface area contributed by atoms with Crippen molar-refractivity contribution in [1.82, 2.24) is 19.9 Å². The highest BCUT2D eigenvalue weighted by Gasteiger charge is 2.41. The van der Waals surface area contributed by atoms with Gasteiger partial charge >= 0.3 is 0 Å². The van der Waals surface area contributed by atoms with Crippen LogP contribution in [-0.4, -0.2) is 26.0 Å².